The summed E-state index contributed by atoms with van der Waals surface area (Å²) in [5.74, 6) is 1.04. The molecule has 0 aromatic heterocycles. The van der Waals surface area contributed by atoms with Gasteiger partial charge in [0, 0.05) is 31.1 Å². The third-order valence-electron chi connectivity index (χ3n) is 3.69. The summed E-state index contributed by atoms with van der Waals surface area (Å²) in [5, 5.41) is 6.43. The monoisotopic (exact) mass is 228 g/mol. The molecule has 0 aromatic carbocycles. The fourth-order valence-electron chi connectivity index (χ4n) is 2.79. The largest absolute Gasteiger partial charge is 0.352 e. The summed E-state index contributed by atoms with van der Waals surface area (Å²) in [6.07, 6.45) is 11.9. The Morgan fingerprint density at radius 1 is 1.00 bits per heavy atom. The van der Waals surface area contributed by atoms with E-state index in [0.717, 1.165) is 25.2 Å². The van der Waals surface area contributed by atoms with Gasteiger partial charge in [0.2, 0.25) is 0 Å². The van der Waals surface area contributed by atoms with E-state index >= 15 is 0 Å². The molecule has 2 unspecified atom stereocenters. The number of carbonyl (C=O) groups is 1. The van der Waals surface area contributed by atoms with Gasteiger partial charge in [-0.1, -0.05) is 30.4 Å². The molecule has 2 fully saturated rings. The Morgan fingerprint density at radius 3 is 2.71 bits per heavy atom. The van der Waals surface area contributed by atoms with E-state index in [9.17, 15) is 4.79 Å². The first-order valence-corrected chi connectivity index (χ1v) is 6.11. The van der Waals surface area contributed by atoms with Crippen LogP contribution in [0.4, 0.5) is 0 Å². The third-order valence-corrected chi connectivity index (χ3v) is 3.69. The molecule has 2 aliphatic heterocycles. The van der Waals surface area contributed by atoms with Gasteiger partial charge in [-0.3, -0.25) is 4.79 Å². The molecule has 2 saturated heterocycles. The van der Waals surface area contributed by atoms with Crippen molar-refractivity contribution in [3.05, 3.63) is 47.6 Å². The first kappa shape index (κ1) is 10.5. The highest BCUT2D eigenvalue weighted by Crippen LogP contribution is 2.32. The second-order valence-electron chi connectivity index (χ2n) is 4.71. The smallest absolute Gasteiger partial charge is 0.251 e. The highest BCUT2D eigenvalue weighted by molar-refractivity contribution is 5.98. The molecular formula is C14H16N2O. The molecule has 1 aliphatic carbocycles. The summed E-state index contributed by atoms with van der Waals surface area (Å²) in [6, 6.07) is 0. The molecule has 2 atom stereocenters. The van der Waals surface area contributed by atoms with E-state index in [2.05, 4.69) is 16.7 Å². The van der Waals surface area contributed by atoms with Gasteiger partial charge < -0.3 is 10.6 Å². The van der Waals surface area contributed by atoms with Crippen LogP contribution in [0.1, 0.15) is 0 Å². The van der Waals surface area contributed by atoms with Crippen molar-refractivity contribution in [1.82, 2.24) is 10.6 Å². The van der Waals surface area contributed by atoms with E-state index in [4.69, 9.17) is 0 Å². The minimum atomic E-state index is 0.0607. The maximum Gasteiger partial charge on any atom is 0.251 e. The molecule has 2 N–H and O–H groups in total. The van der Waals surface area contributed by atoms with Gasteiger partial charge in [-0.05, 0) is 17.6 Å². The quantitative estimate of drug-likeness (QED) is 0.647. The third kappa shape index (κ3) is 1.87. The van der Waals surface area contributed by atoms with Crippen LogP contribution < -0.4 is 10.6 Å². The van der Waals surface area contributed by atoms with Crippen LogP contribution in [0.15, 0.2) is 47.6 Å². The Bertz CT molecular complexity index is 457. The summed E-state index contributed by atoms with van der Waals surface area (Å²) >= 11 is 0. The molecule has 3 rings (SSSR count). The van der Waals surface area contributed by atoms with Gasteiger partial charge in [-0.15, -0.1) is 0 Å². The van der Waals surface area contributed by atoms with Crippen LogP contribution in [0, 0.1) is 11.8 Å². The summed E-state index contributed by atoms with van der Waals surface area (Å²) in [4.78, 5) is 12.0. The van der Waals surface area contributed by atoms with Crippen LogP contribution in [-0.4, -0.2) is 25.5 Å². The SMILES string of the molecule is O=C1NCC2CNCC2/C2=C/C=C\C=C\C=C/12. The molecule has 2 heterocycles. The molecule has 88 valence electrons. The second-order valence-corrected chi connectivity index (χ2v) is 4.71. The number of hydrogen-bond acceptors (Lipinski definition) is 2. The average molecular weight is 228 g/mol. The predicted octanol–water partition coefficient (Wildman–Crippen LogP) is 0.931. The molecule has 3 nitrogen and oxygen atoms in total. The van der Waals surface area contributed by atoms with Gasteiger partial charge >= 0.3 is 0 Å². The minimum absolute atomic E-state index is 0.0607. The van der Waals surface area contributed by atoms with Crippen molar-refractivity contribution >= 4 is 5.91 Å². The maximum absolute atomic E-state index is 12.0. The van der Waals surface area contributed by atoms with Crippen molar-refractivity contribution in [2.24, 2.45) is 11.8 Å². The first-order chi connectivity index (χ1) is 8.36. The normalized spacial score (nSPS) is 41.3. The second kappa shape index (κ2) is 4.34. The maximum atomic E-state index is 12.0. The van der Waals surface area contributed by atoms with Gasteiger partial charge in [0.05, 0.1) is 0 Å². The van der Waals surface area contributed by atoms with Crippen molar-refractivity contribution < 1.29 is 4.79 Å². The zero-order chi connectivity index (χ0) is 11.7. The average Bonchev–Trinajstić information content (AvgIpc) is 2.70. The van der Waals surface area contributed by atoms with E-state index < -0.39 is 0 Å². The standard InChI is InChI=1S/C14H16N2O/c17-14-12-6-4-2-1-3-5-11(12)13-9-15-7-10(13)8-16-14/h1-6,10,13,15H,7-9H2,(H,16,17)/b2-1?,3-1-,4-2+,5-3?,6-4?,11-5+,12-6-. The van der Waals surface area contributed by atoms with E-state index in [1.54, 1.807) is 0 Å². The van der Waals surface area contributed by atoms with Crippen LogP contribution in [0.25, 0.3) is 0 Å². The van der Waals surface area contributed by atoms with E-state index in [1.165, 1.54) is 5.57 Å². The van der Waals surface area contributed by atoms with Crippen molar-refractivity contribution in [3.63, 3.8) is 0 Å². The van der Waals surface area contributed by atoms with Crippen LogP contribution in [0.5, 0.6) is 0 Å². The molecule has 0 spiro atoms. The number of fused-ring (bicyclic) bond motifs is 3. The lowest BCUT2D eigenvalue weighted by Gasteiger charge is -2.17. The highest BCUT2D eigenvalue weighted by Gasteiger charge is 2.35. The van der Waals surface area contributed by atoms with Gasteiger partial charge in [0.25, 0.3) is 5.91 Å². The number of allylic oxidation sites excluding steroid dienone is 6. The van der Waals surface area contributed by atoms with Crippen molar-refractivity contribution in [2.75, 3.05) is 19.6 Å². The van der Waals surface area contributed by atoms with Gasteiger partial charge in [-0.25, -0.2) is 0 Å². The molecule has 0 radical (unpaired) electrons. The van der Waals surface area contributed by atoms with Crippen molar-refractivity contribution in [1.29, 1.82) is 0 Å². The lowest BCUT2D eigenvalue weighted by atomic mass is 9.85. The fraction of sp³-hybridized carbons (Fsp3) is 0.357. The van der Waals surface area contributed by atoms with Crippen molar-refractivity contribution in [2.45, 2.75) is 0 Å². The van der Waals surface area contributed by atoms with Crippen molar-refractivity contribution in [3.8, 4) is 0 Å². The molecular weight excluding hydrogens is 212 g/mol. The molecule has 3 heteroatoms. The Morgan fingerprint density at radius 2 is 1.82 bits per heavy atom. The number of rotatable bonds is 0. The Balaban J connectivity index is 2.06. The summed E-state index contributed by atoms with van der Waals surface area (Å²) in [7, 11) is 0. The van der Waals surface area contributed by atoms with Gasteiger partial charge in [0.1, 0.15) is 0 Å². The fourth-order valence-corrected chi connectivity index (χ4v) is 2.79. The zero-order valence-corrected chi connectivity index (χ0v) is 9.65. The lowest BCUT2D eigenvalue weighted by Crippen LogP contribution is -2.29. The molecule has 3 aliphatic rings. The molecule has 1 amide bonds. The Hall–Kier alpha value is -1.61. The molecule has 17 heavy (non-hydrogen) atoms. The summed E-state index contributed by atoms with van der Waals surface area (Å²) in [6.45, 7) is 2.74. The van der Waals surface area contributed by atoms with Crippen LogP contribution in [0.2, 0.25) is 0 Å². The first-order valence-electron chi connectivity index (χ1n) is 6.11. The van der Waals surface area contributed by atoms with Crippen LogP contribution >= 0.6 is 0 Å². The Kier molecular flexibility index (Phi) is 2.69. The number of amides is 1. The Labute approximate surface area is 101 Å². The predicted molar refractivity (Wildman–Crippen MR) is 67.3 cm³/mol. The van der Waals surface area contributed by atoms with E-state index in [1.807, 2.05) is 30.4 Å². The minimum Gasteiger partial charge on any atom is -0.352 e. The van der Waals surface area contributed by atoms with Gasteiger partial charge in [-0.2, -0.15) is 0 Å². The van der Waals surface area contributed by atoms with Gasteiger partial charge in [0.15, 0.2) is 0 Å². The summed E-state index contributed by atoms with van der Waals surface area (Å²) < 4.78 is 0. The molecule has 0 saturated carbocycles. The summed E-state index contributed by atoms with van der Waals surface area (Å²) in [5.41, 5.74) is 2.00. The topological polar surface area (TPSA) is 41.1 Å². The lowest BCUT2D eigenvalue weighted by molar-refractivity contribution is -0.117. The van der Waals surface area contributed by atoms with E-state index in [-0.39, 0.29) is 5.91 Å². The number of carbonyl (C=O) groups excluding carboxylic acids is 1. The number of hydrogen-bond donors (Lipinski definition) is 2. The zero-order valence-electron chi connectivity index (χ0n) is 9.65. The van der Waals surface area contributed by atoms with Crippen LogP contribution in [-0.2, 0) is 4.79 Å². The number of nitrogens with one attached hydrogen (secondary N) is 2. The molecule has 0 aromatic rings. The highest BCUT2D eigenvalue weighted by atomic mass is 16.1. The van der Waals surface area contributed by atoms with Crippen LogP contribution in [0.3, 0.4) is 0 Å². The van der Waals surface area contributed by atoms with E-state index in [0.29, 0.717) is 11.8 Å². The molecule has 0 bridgehead atoms.